The zero-order valence-corrected chi connectivity index (χ0v) is 11.5. The summed E-state index contributed by atoms with van der Waals surface area (Å²) in [5.74, 6) is -0.417. The molecule has 106 valence electrons. The number of benzene rings is 1. The number of hydrogen-bond acceptors (Lipinski definition) is 4. The second-order valence-corrected chi connectivity index (χ2v) is 4.79. The number of carbonyl (C=O) groups is 1. The zero-order chi connectivity index (χ0) is 14.8. The van der Waals surface area contributed by atoms with Gasteiger partial charge in [-0.15, -0.1) is 0 Å². The highest BCUT2D eigenvalue weighted by molar-refractivity contribution is 5.93. The van der Waals surface area contributed by atoms with Gasteiger partial charge in [0.25, 0.3) is 0 Å². The van der Waals surface area contributed by atoms with Gasteiger partial charge in [0, 0.05) is 17.3 Å². The number of aryl methyl sites for hydroxylation is 1. The number of anilines is 1. The van der Waals surface area contributed by atoms with Gasteiger partial charge in [-0.3, -0.25) is 4.98 Å². The van der Waals surface area contributed by atoms with Crippen LogP contribution in [0.2, 0.25) is 0 Å². The SMILES string of the molecule is Cc1ccc(NCc2cc(C(=O)O)co2)c2cccnc12. The van der Waals surface area contributed by atoms with Crippen LogP contribution in [0.4, 0.5) is 5.69 Å². The van der Waals surface area contributed by atoms with E-state index in [-0.39, 0.29) is 5.56 Å². The molecule has 0 saturated carbocycles. The molecule has 0 aliphatic rings. The van der Waals surface area contributed by atoms with Crippen LogP contribution in [0.25, 0.3) is 10.9 Å². The van der Waals surface area contributed by atoms with Crippen molar-refractivity contribution in [3.05, 3.63) is 59.7 Å². The fourth-order valence-corrected chi connectivity index (χ4v) is 2.24. The second kappa shape index (κ2) is 5.28. The van der Waals surface area contributed by atoms with Crippen LogP contribution < -0.4 is 5.32 Å². The molecule has 2 N–H and O–H groups in total. The van der Waals surface area contributed by atoms with Crippen LogP contribution in [-0.4, -0.2) is 16.1 Å². The summed E-state index contributed by atoms with van der Waals surface area (Å²) in [7, 11) is 0. The Balaban J connectivity index is 1.85. The lowest BCUT2D eigenvalue weighted by atomic mass is 10.1. The van der Waals surface area contributed by atoms with Crippen LogP contribution in [0.3, 0.4) is 0 Å². The minimum atomic E-state index is -0.991. The molecule has 0 saturated heterocycles. The number of nitrogens with zero attached hydrogens (tertiary/aromatic N) is 1. The number of furan rings is 1. The smallest absolute Gasteiger partial charge is 0.338 e. The van der Waals surface area contributed by atoms with Crippen molar-refractivity contribution in [1.29, 1.82) is 0 Å². The van der Waals surface area contributed by atoms with Gasteiger partial charge >= 0.3 is 5.97 Å². The van der Waals surface area contributed by atoms with Crippen LogP contribution >= 0.6 is 0 Å². The second-order valence-electron chi connectivity index (χ2n) is 4.79. The first-order valence-corrected chi connectivity index (χ1v) is 6.54. The number of pyridine rings is 1. The third kappa shape index (κ3) is 2.58. The summed E-state index contributed by atoms with van der Waals surface area (Å²) in [5, 5.41) is 13.2. The average Bonchev–Trinajstić information content (AvgIpc) is 2.96. The van der Waals surface area contributed by atoms with E-state index >= 15 is 0 Å². The van der Waals surface area contributed by atoms with Crippen molar-refractivity contribution in [3.8, 4) is 0 Å². The highest BCUT2D eigenvalue weighted by Crippen LogP contribution is 2.25. The number of carboxylic acid groups (broad SMARTS) is 1. The maximum atomic E-state index is 10.8. The van der Waals surface area contributed by atoms with Gasteiger partial charge < -0.3 is 14.8 Å². The number of aromatic nitrogens is 1. The highest BCUT2D eigenvalue weighted by Gasteiger charge is 2.09. The first kappa shape index (κ1) is 13.2. The van der Waals surface area contributed by atoms with Gasteiger partial charge in [0.15, 0.2) is 0 Å². The normalized spacial score (nSPS) is 10.7. The molecule has 3 rings (SSSR count). The molecule has 0 amide bonds. The molecule has 21 heavy (non-hydrogen) atoms. The van der Waals surface area contributed by atoms with Gasteiger partial charge in [0.1, 0.15) is 12.0 Å². The molecule has 3 aromatic rings. The Morgan fingerprint density at radius 3 is 3.00 bits per heavy atom. The Labute approximate surface area is 121 Å². The minimum Gasteiger partial charge on any atom is -0.478 e. The van der Waals surface area contributed by atoms with Gasteiger partial charge in [0.2, 0.25) is 0 Å². The minimum absolute atomic E-state index is 0.155. The molecule has 0 spiro atoms. The van der Waals surface area contributed by atoms with Crippen molar-refractivity contribution < 1.29 is 14.3 Å². The average molecular weight is 282 g/mol. The lowest BCUT2D eigenvalue weighted by Gasteiger charge is -2.09. The Hall–Kier alpha value is -2.82. The Kier molecular flexibility index (Phi) is 3.31. The van der Waals surface area contributed by atoms with E-state index in [2.05, 4.69) is 10.3 Å². The van der Waals surface area contributed by atoms with E-state index in [4.69, 9.17) is 9.52 Å². The van der Waals surface area contributed by atoms with Crippen molar-refractivity contribution in [1.82, 2.24) is 4.98 Å². The molecule has 0 radical (unpaired) electrons. The topological polar surface area (TPSA) is 75.4 Å². The molecular weight excluding hydrogens is 268 g/mol. The molecule has 0 bridgehead atoms. The summed E-state index contributed by atoms with van der Waals surface area (Å²) < 4.78 is 5.22. The third-order valence-corrected chi connectivity index (χ3v) is 3.33. The van der Waals surface area contributed by atoms with E-state index in [1.165, 1.54) is 12.3 Å². The van der Waals surface area contributed by atoms with Gasteiger partial charge in [-0.25, -0.2) is 4.79 Å². The monoisotopic (exact) mass is 282 g/mol. The standard InChI is InChI=1S/C16H14N2O3/c1-10-4-5-14(13-3-2-6-17-15(10)13)18-8-12-7-11(9-21-12)16(19)20/h2-7,9,18H,8H2,1H3,(H,19,20). The largest absolute Gasteiger partial charge is 0.478 e. The highest BCUT2D eigenvalue weighted by atomic mass is 16.4. The zero-order valence-electron chi connectivity index (χ0n) is 11.5. The summed E-state index contributed by atoms with van der Waals surface area (Å²) in [6.07, 6.45) is 3.01. The maximum absolute atomic E-state index is 10.8. The lowest BCUT2D eigenvalue weighted by Crippen LogP contribution is -2.00. The number of rotatable bonds is 4. The number of hydrogen-bond donors (Lipinski definition) is 2. The molecule has 5 nitrogen and oxygen atoms in total. The van der Waals surface area contributed by atoms with Gasteiger partial charge in [-0.05, 0) is 36.8 Å². The quantitative estimate of drug-likeness (QED) is 0.766. The van der Waals surface area contributed by atoms with Gasteiger partial charge in [0.05, 0.1) is 17.6 Å². The Morgan fingerprint density at radius 2 is 2.24 bits per heavy atom. The summed E-state index contributed by atoms with van der Waals surface area (Å²) >= 11 is 0. The molecule has 2 aromatic heterocycles. The fraction of sp³-hybridized carbons (Fsp3) is 0.125. The predicted molar refractivity (Wildman–Crippen MR) is 79.5 cm³/mol. The fourth-order valence-electron chi connectivity index (χ4n) is 2.24. The van der Waals surface area contributed by atoms with Crippen LogP contribution in [0, 0.1) is 6.92 Å². The van der Waals surface area contributed by atoms with Crippen LogP contribution in [0.1, 0.15) is 21.7 Å². The molecule has 0 aliphatic heterocycles. The molecule has 1 aromatic carbocycles. The van der Waals surface area contributed by atoms with Crippen molar-refractivity contribution >= 4 is 22.6 Å². The van der Waals surface area contributed by atoms with Crippen LogP contribution in [0.15, 0.2) is 47.2 Å². The molecular formula is C16H14N2O3. The predicted octanol–water partition coefficient (Wildman–Crippen LogP) is 3.45. The van der Waals surface area contributed by atoms with E-state index in [0.29, 0.717) is 12.3 Å². The maximum Gasteiger partial charge on any atom is 0.338 e. The number of aromatic carboxylic acids is 1. The number of carboxylic acids is 1. The van der Waals surface area contributed by atoms with Crippen LogP contribution in [-0.2, 0) is 6.54 Å². The van der Waals surface area contributed by atoms with E-state index in [1.807, 2.05) is 31.2 Å². The van der Waals surface area contributed by atoms with Crippen LogP contribution in [0.5, 0.6) is 0 Å². The van der Waals surface area contributed by atoms with Gasteiger partial charge in [-0.2, -0.15) is 0 Å². The first-order chi connectivity index (χ1) is 10.1. The third-order valence-electron chi connectivity index (χ3n) is 3.33. The summed E-state index contributed by atoms with van der Waals surface area (Å²) in [5.41, 5.74) is 3.16. The van der Waals surface area contributed by atoms with Crippen molar-refractivity contribution in [2.24, 2.45) is 0 Å². The summed E-state index contributed by atoms with van der Waals surface area (Å²) in [4.78, 5) is 15.2. The molecule has 0 fully saturated rings. The van der Waals surface area contributed by atoms with Crippen molar-refractivity contribution in [2.75, 3.05) is 5.32 Å². The Morgan fingerprint density at radius 1 is 1.38 bits per heavy atom. The lowest BCUT2D eigenvalue weighted by molar-refractivity contribution is 0.0696. The number of fused-ring (bicyclic) bond motifs is 1. The molecule has 5 heteroatoms. The van der Waals surface area contributed by atoms with Crippen molar-refractivity contribution in [3.63, 3.8) is 0 Å². The molecule has 0 aliphatic carbocycles. The van der Waals surface area contributed by atoms with Crippen molar-refractivity contribution in [2.45, 2.75) is 13.5 Å². The Bertz CT molecular complexity index is 808. The van der Waals surface area contributed by atoms with E-state index in [0.717, 1.165) is 22.2 Å². The van der Waals surface area contributed by atoms with E-state index in [9.17, 15) is 4.79 Å². The van der Waals surface area contributed by atoms with E-state index in [1.54, 1.807) is 6.20 Å². The summed E-state index contributed by atoms with van der Waals surface area (Å²) in [6, 6.07) is 9.40. The van der Waals surface area contributed by atoms with Gasteiger partial charge in [-0.1, -0.05) is 6.07 Å². The summed E-state index contributed by atoms with van der Waals surface area (Å²) in [6.45, 7) is 2.44. The molecule has 0 unspecified atom stereocenters. The van der Waals surface area contributed by atoms with E-state index < -0.39 is 5.97 Å². The molecule has 0 atom stereocenters. The first-order valence-electron chi connectivity index (χ1n) is 6.54. The number of nitrogens with one attached hydrogen (secondary N) is 1. The molecule has 2 heterocycles.